The summed E-state index contributed by atoms with van der Waals surface area (Å²) in [6.45, 7) is 4.05. The quantitative estimate of drug-likeness (QED) is 0.577. The Labute approximate surface area is 161 Å². The number of rotatable bonds is 5. The number of hydrogen-bond donors (Lipinski definition) is 1. The smallest absolute Gasteiger partial charge is 0.259 e. The van der Waals surface area contributed by atoms with Gasteiger partial charge in [-0.3, -0.25) is 4.79 Å². The van der Waals surface area contributed by atoms with Gasteiger partial charge in [-0.15, -0.1) is 0 Å². The lowest BCUT2D eigenvalue weighted by molar-refractivity contribution is 0.0950. The van der Waals surface area contributed by atoms with Crippen molar-refractivity contribution in [1.29, 1.82) is 0 Å². The van der Waals surface area contributed by atoms with E-state index >= 15 is 0 Å². The third-order valence-corrected chi connectivity index (χ3v) is 4.29. The predicted octanol–water partition coefficient (Wildman–Crippen LogP) is 2.86. The first kappa shape index (κ1) is 17.6. The van der Waals surface area contributed by atoms with Crippen LogP contribution in [-0.4, -0.2) is 30.8 Å². The SMILES string of the molecule is Cc1noc(-c2ccc(-n3ncc(C(=O)NCc4ccccc4)c3C)nc2)n1. The van der Waals surface area contributed by atoms with Crippen molar-refractivity contribution in [2.75, 3.05) is 0 Å². The summed E-state index contributed by atoms with van der Waals surface area (Å²) in [6.07, 6.45) is 3.19. The zero-order chi connectivity index (χ0) is 19.5. The maximum Gasteiger partial charge on any atom is 0.259 e. The lowest BCUT2D eigenvalue weighted by Crippen LogP contribution is -2.23. The summed E-state index contributed by atoms with van der Waals surface area (Å²) >= 11 is 0. The minimum absolute atomic E-state index is 0.175. The van der Waals surface area contributed by atoms with Crippen molar-refractivity contribution in [2.24, 2.45) is 0 Å². The molecule has 0 fully saturated rings. The van der Waals surface area contributed by atoms with Crippen LogP contribution in [-0.2, 0) is 6.54 Å². The molecule has 0 aliphatic heterocycles. The molecule has 0 atom stereocenters. The Morgan fingerprint density at radius 2 is 1.93 bits per heavy atom. The van der Waals surface area contributed by atoms with Gasteiger partial charge in [0.25, 0.3) is 11.8 Å². The minimum atomic E-state index is -0.175. The second-order valence-electron chi connectivity index (χ2n) is 6.28. The first-order chi connectivity index (χ1) is 13.6. The van der Waals surface area contributed by atoms with Gasteiger partial charge in [0, 0.05) is 12.7 Å². The van der Waals surface area contributed by atoms with Crippen molar-refractivity contribution in [3.05, 3.63) is 77.5 Å². The highest BCUT2D eigenvalue weighted by Crippen LogP contribution is 2.18. The maximum absolute atomic E-state index is 12.5. The molecule has 4 aromatic rings. The van der Waals surface area contributed by atoms with Gasteiger partial charge in [0.1, 0.15) is 0 Å². The molecule has 3 heterocycles. The first-order valence-electron chi connectivity index (χ1n) is 8.75. The fourth-order valence-corrected chi connectivity index (χ4v) is 2.79. The van der Waals surface area contributed by atoms with Crippen molar-refractivity contribution in [3.8, 4) is 17.3 Å². The fraction of sp³-hybridized carbons (Fsp3) is 0.150. The number of aromatic nitrogens is 5. The van der Waals surface area contributed by atoms with Crippen LogP contribution in [0.4, 0.5) is 0 Å². The molecule has 0 spiro atoms. The lowest BCUT2D eigenvalue weighted by Gasteiger charge is -2.06. The van der Waals surface area contributed by atoms with Crippen LogP contribution in [0.1, 0.15) is 27.4 Å². The number of carbonyl (C=O) groups excluding carboxylic acids is 1. The summed E-state index contributed by atoms with van der Waals surface area (Å²) in [6, 6.07) is 13.4. The first-order valence-corrected chi connectivity index (χ1v) is 8.75. The molecular weight excluding hydrogens is 356 g/mol. The number of carbonyl (C=O) groups is 1. The molecule has 0 unspecified atom stereocenters. The van der Waals surface area contributed by atoms with E-state index in [1.165, 1.54) is 0 Å². The van der Waals surface area contributed by atoms with E-state index < -0.39 is 0 Å². The van der Waals surface area contributed by atoms with E-state index in [0.717, 1.165) is 11.1 Å². The van der Waals surface area contributed by atoms with E-state index in [4.69, 9.17) is 4.52 Å². The number of nitrogens with one attached hydrogen (secondary N) is 1. The van der Waals surface area contributed by atoms with Gasteiger partial charge in [-0.25, -0.2) is 9.67 Å². The average molecular weight is 374 g/mol. The summed E-state index contributed by atoms with van der Waals surface area (Å²) in [4.78, 5) is 21.1. The summed E-state index contributed by atoms with van der Waals surface area (Å²) in [5.74, 6) is 1.40. The normalized spacial score (nSPS) is 10.8. The highest BCUT2D eigenvalue weighted by molar-refractivity contribution is 5.95. The predicted molar refractivity (Wildman–Crippen MR) is 102 cm³/mol. The molecular formula is C20H18N6O2. The van der Waals surface area contributed by atoms with Crippen molar-refractivity contribution in [3.63, 3.8) is 0 Å². The molecule has 1 N–H and O–H groups in total. The molecule has 3 aromatic heterocycles. The van der Waals surface area contributed by atoms with Crippen molar-refractivity contribution < 1.29 is 9.32 Å². The van der Waals surface area contributed by atoms with Crippen LogP contribution in [0.5, 0.6) is 0 Å². The van der Waals surface area contributed by atoms with Crippen LogP contribution in [0.25, 0.3) is 17.3 Å². The number of pyridine rings is 1. The monoisotopic (exact) mass is 374 g/mol. The average Bonchev–Trinajstić information content (AvgIpc) is 3.33. The van der Waals surface area contributed by atoms with Gasteiger partial charge in [0.15, 0.2) is 11.6 Å². The van der Waals surface area contributed by atoms with Crippen LogP contribution in [0.3, 0.4) is 0 Å². The van der Waals surface area contributed by atoms with Crippen molar-refractivity contribution in [2.45, 2.75) is 20.4 Å². The van der Waals surface area contributed by atoms with E-state index in [1.807, 2.05) is 43.3 Å². The number of hydrogen-bond acceptors (Lipinski definition) is 6. The van der Waals surface area contributed by atoms with E-state index in [9.17, 15) is 4.79 Å². The zero-order valence-electron chi connectivity index (χ0n) is 15.5. The van der Waals surface area contributed by atoms with Crippen LogP contribution >= 0.6 is 0 Å². The van der Waals surface area contributed by atoms with Crippen molar-refractivity contribution >= 4 is 5.91 Å². The van der Waals surface area contributed by atoms with Gasteiger partial charge in [-0.2, -0.15) is 10.1 Å². The minimum Gasteiger partial charge on any atom is -0.348 e. The van der Waals surface area contributed by atoms with Gasteiger partial charge >= 0.3 is 0 Å². The van der Waals surface area contributed by atoms with Crippen LogP contribution in [0.2, 0.25) is 0 Å². The zero-order valence-corrected chi connectivity index (χ0v) is 15.5. The molecule has 8 nitrogen and oxygen atoms in total. The Bertz CT molecular complexity index is 1100. The number of amides is 1. The highest BCUT2D eigenvalue weighted by Gasteiger charge is 2.16. The standard InChI is InChI=1S/C20H18N6O2/c1-13-17(19(27)22-10-15-6-4-3-5-7-15)12-23-26(13)18-9-8-16(11-21-18)20-24-14(2)25-28-20/h3-9,11-12H,10H2,1-2H3,(H,22,27). The van der Waals surface area contributed by atoms with E-state index in [1.54, 1.807) is 30.1 Å². The molecule has 4 rings (SSSR count). The highest BCUT2D eigenvalue weighted by atomic mass is 16.5. The molecule has 28 heavy (non-hydrogen) atoms. The van der Waals surface area contributed by atoms with E-state index in [2.05, 4.69) is 25.5 Å². The van der Waals surface area contributed by atoms with Gasteiger partial charge in [0.2, 0.25) is 0 Å². The van der Waals surface area contributed by atoms with Gasteiger partial charge in [0.05, 0.1) is 23.0 Å². The van der Waals surface area contributed by atoms with Crippen LogP contribution in [0.15, 0.2) is 59.4 Å². The fourth-order valence-electron chi connectivity index (χ4n) is 2.79. The second kappa shape index (κ2) is 7.43. The molecule has 0 radical (unpaired) electrons. The second-order valence-corrected chi connectivity index (χ2v) is 6.28. The topological polar surface area (TPSA) is 98.7 Å². The third kappa shape index (κ3) is 3.52. The Morgan fingerprint density at radius 3 is 2.61 bits per heavy atom. The Hall–Kier alpha value is -3.81. The molecule has 0 bridgehead atoms. The third-order valence-electron chi connectivity index (χ3n) is 4.29. The Kier molecular flexibility index (Phi) is 4.67. The number of nitrogens with zero attached hydrogens (tertiary/aromatic N) is 5. The summed E-state index contributed by atoms with van der Waals surface area (Å²) < 4.78 is 6.77. The molecule has 1 amide bonds. The molecule has 1 aromatic carbocycles. The Balaban J connectivity index is 1.50. The molecule has 0 saturated heterocycles. The van der Waals surface area contributed by atoms with Gasteiger partial charge in [-0.1, -0.05) is 35.5 Å². The summed E-state index contributed by atoms with van der Waals surface area (Å²) in [7, 11) is 0. The summed E-state index contributed by atoms with van der Waals surface area (Å²) in [5, 5.41) is 11.0. The van der Waals surface area contributed by atoms with E-state index in [0.29, 0.717) is 35.3 Å². The number of benzene rings is 1. The molecule has 140 valence electrons. The largest absolute Gasteiger partial charge is 0.348 e. The summed E-state index contributed by atoms with van der Waals surface area (Å²) in [5.41, 5.74) is 2.97. The molecule has 0 aliphatic carbocycles. The molecule has 8 heteroatoms. The van der Waals surface area contributed by atoms with Crippen molar-refractivity contribution in [1.82, 2.24) is 30.2 Å². The van der Waals surface area contributed by atoms with Gasteiger partial charge < -0.3 is 9.84 Å². The molecule has 0 saturated carbocycles. The Morgan fingerprint density at radius 1 is 1.11 bits per heavy atom. The lowest BCUT2D eigenvalue weighted by atomic mass is 10.2. The molecule has 0 aliphatic rings. The van der Waals surface area contributed by atoms with Gasteiger partial charge in [-0.05, 0) is 31.5 Å². The van der Waals surface area contributed by atoms with Crippen LogP contribution < -0.4 is 5.32 Å². The van der Waals surface area contributed by atoms with E-state index in [-0.39, 0.29) is 5.91 Å². The number of aryl methyl sites for hydroxylation is 1. The maximum atomic E-state index is 12.5. The van der Waals surface area contributed by atoms with Crippen LogP contribution in [0, 0.1) is 13.8 Å².